The van der Waals surface area contributed by atoms with Gasteiger partial charge in [0.2, 0.25) is 0 Å². The van der Waals surface area contributed by atoms with Crippen LogP contribution in [0.3, 0.4) is 0 Å². The highest BCUT2D eigenvalue weighted by Gasteiger charge is 2.31. The number of rotatable bonds is 3. The first-order valence-electron chi connectivity index (χ1n) is 5.20. The SMILES string of the molecule is CCC/C=C1\OCCSC1(C)CC. The molecule has 1 heterocycles. The average Bonchev–Trinajstić information content (AvgIpc) is 2.17. The zero-order chi connectivity index (χ0) is 9.73. The first kappa shape index (κ1) is 11.0. The van der Waals surface area contributed by atoms with E-state index < -0.39 is 0 Å². The summed E-state index contributed by atoms with van der Waals surface area (Å²) in [6.07, 6.45) is 5.78. The summed E-state index contributed by atoms with van der Waals surface area (Å²) in [5.41, 5.74) is 0. The Morgan fingerprint density at radius 2 is 2.31 bits per heavy atom. The van der Waals surface area contributed by atoms with Gasteiger partial charge in [-0.1, -0.05) is 20.3 Å². The number of thioether (sulfide) groups is 1. The summed E-state index contributed by atoms with van der Waals surface area (Å²) in [5, 5.41) is 0. The molecule has 1 rings (SSSR count). The molecule has 13 heavy (non-hydrogen) atoms. The second kappa shape index (κ2) is 4.94. The molecule has 0 amide bonds. The van der Waals surface area contributed by atoms with E-state index in [1.807, 2.05) is 11.8 Å². The number of unbranched alkanes of at least 4 members (excludes halogenated alkanes) is 1. The van der Waals surface area contributed by atoms with Gasteiger partial charge in [0.05, 0.1) is 11.4 Å². The van der Waals surface area contributed by atoms with Crippen molar-refractivity contribution in [2.24, 2.45) is 0 Å². The van der Waals surface area contributed by atoms with Gasteiger partial charge in [-0.25, -0.2) is 0 Å². The molecule has 1 aliphatic heterocycles. The van der Waals surface area contributed by atoms with Gasteiger partial charge in [-0.15, -0.1) is 11.8 Å². The standard InChI is InChI=1S/C11H20OS/c1-4-6-7-10-11(3,5-2)13-9-8-12-10/h7H,4-6,8-9H2,1-3H3/b10-7-. The van der Waals surface area contributed by atoms with Crippen molar-refractivity contribution in [2.75, 3.05) is 12.4 Å². The highest BCUT2D eigenvalue weighted by atomic mass is 32.2. The van der Waals surface area contributed by atoms with Crippen LogP contribution in [0.15, 0.2) is 11.8 Å². The second-order valence-corrected chi connectivity index (χ2v) is 5.24. The van der Waals surface area contributed by atoms with Crippen LogP contribution in [-0.2, 0) is 4.74 Å². The predicted molar refractivity (Wildman–Crippen MR) is 60.1 cm³/mol. The van der Waals surface area contributed by atoms with E-state index in [2.05, 4.69) is 26.8 Å². The molecular weight excluding hydrogens is 180 g/mol. The number of hydrogen-bond acceptors (Lipinski definition) is 2. The van der Waals surface area contributed by atoms with E-state index in [0.29, 0.717) is 0 Å². The summed E-state index contributed by atoms with van der Waals surface area (Å²) in [6.45, 7) is 7.62. The first-order chi connectivity index (χ1) is 6.23. The first-order valence-corrected chi connectivity index (χ1v) is 6.19. The largest absolute Gasteiger partial charge is 0.496 e. The van der Waals surface area contributed by atoms with Crippen LogP contribution in [0.25, 0.3) is 0 Å². The van der Waals surface area contributed by atoms with E-state index in [0.717, 1.165) is 25.2 Å². The molecule has 1 nitrogen and oxygen atoms in total. The monoisotopic (exact) mass is 200 g/mol. The Hall–Kier alpha value is -0.110. The lowest BCUT2D eigenvalue weighted by atomic mass is 10.0. The summed E-state index contributed by atoms with van der Waals surface area (Å²) in [5.74, 6) is 2.35. The van der Waals surface area contributed by atoms with Crippen molar-refractivity contribution >= 4 is 11.8 Å². The molecular formula is C11H20OS. The van der Waals surface area contributed by atoms with Crippen LogP contribution in [0.2, 0.25) is 0 Å². The summed E-state index contributed by atoms with van der Waals surface area (Å²) in [4.78, 5) is 0. The zero-order valence-electron chi connectivity index (χ0n) is 8.93. The molecule has 1 aliphatic rings. The molecule has 0 saturated carbocycles. The van der Waals surface area contributed by atoms with Crippen LogP contribution in [0.5, 0.6) is 0 Å². The third-order valence-corrected chi connectivity index (χ3v) is 4.07. The Kier molecular flexibility index (Phi) is 4.17. The number of ether oxygens (including phenoxy) is 1. The van der Waals surface area contributed by atoms with E-state index >= 15 is 0 Å². The van der Waals surface area contributed by atoms with Crippen molar-refractivity contribution in [1.29, 1.82) is 0 Å². The Labute approximate surface area is 85.9 Å². The van der Waals surface area contributed by atoms with Crippen LogP contribution in [0.1, 0.15) is 40.0 Å². The maximum Gasteiger partial charge on any atom is 0.108 e. The lowest BCUT2D eigenvalue weighted by Crippen LogP contribution is -2.30. The lowest BCUT2D eigenvalue weighted by Gasteiger charge is -2.34. The van der Waals surface area contributed by atoms with Gasteiger partial charge in [0.1, 0.15) is 5.76 Å². The molecule has 2 heteroatoms. The van der Waals surface area contributed by atoms with E-state index in [9.17, 15) is 0 Å². The minimum atomic E-state index is 0.243. The lowest BCUT2D eigenvalue weighted by molar-refractivity contribution is 0.194. The van der Waals surface area contributed by atoms with Crippen molar-refractivity contribution in [3.8, 4) is 0 Å². The van der Waals surface area contributed by atoms with Crippen LogP contribution in [-0.4, -0.2) is 17.1 Å². The van der Waals surface area contributed by atoms with Gasteiger partial charge in [0.15, 0.2) is 0 Å². The Bertz CT molecular complexity index is 189. The highest BCUT2D eigenvalue weighted by Crippen LogP contribution is 2.39. The van der Waals surface area contributed by atoms with Gasteiger partial charge in [0.25, 0.3) is 0 Å². The fourth-order valence-electron chi connectivity index (χ4n) is 1.47. The van der Waals surface area contributed by atoms with E-state index in [4.69, 9.17) is 4.74 Å². The molecule has 76 valence electrons. The van der Waals surface area contributed by atoms with Gasteiger partial charge >= 0.3 is 0 Å². The Morgan fingerprint density at radius 1 is 1.54 bits per heavy atom. The topological polar surface area (TPSA) is 9.23 Å². The van der Waals surface area contributed by atoms with Crippen molar-refractivity contribution in [3.63, 3.8) is 0 Å². The molecule has 1 unspecified atom stereocenters. The maximum atomic E-state index is 5.73. The number of allylic oxidation sites excluding steroid dienone is 1. The van der Waals surface area contributed by atoms with Gasteiger partial charge in [0, 0.05) is 5.75 Å². The van der Waals surface area contributed by atoms with E-state index in [1.54, 1.807) is 0 Å². The third-order valence-electron chi connectivity index (χ3n) is 2.58. The van der Waals surface area contributed by atoms with Gasteiger partial charge < -0.3 is 4.74 Å². The molecule has 0 radical (unpaired) electrons. The predicted octanol–water partition coefficient (Wildman–Crippen LogP) is 3.60. The van der Waals surface area contributed by atoms with Crippen molar-refractivity contribution < 1.29 is 4.74 Å². The molecule has 0 aromatic rings. The van der Waals surface area contributed by atoms with Crippen LogP contribution >= 0.6 is 11.8 Å². The quantitative estimate of drug-likeness (QED) is 0.688. The molecule has 0 bridgehead atoms. The summed E-state index contributed by atoms with van der Waals surface area (Å²) >= 11 is 2.03. The Morgan fingerprint density at radius 3 is 2.92 bits per heavy atom. The van der Waals surface area contributed by atoms with E-state index in [-0.39, 0.29) is 4.75 Å². The second-order valence-electron chi connectivity index (χ2n) is 3.64. The summed E-state index contributed by atoms with van der Waals surface area (Å²) in [7, 11) is 0. The number of hydrogen-bond donors (Lipinski definition) is 0. The van der Waals surface area contributed by atoms with Gasteiger partial charge in [-0.05, 0) is 25.8 Å². The molecule has 0 N–H and O–H groups in total. The normalized spacial score (nSPS) is 31.8. The molecule has 0 aliphatic carbocycles. The van der Waals surface area contributed by atoms with Crippen LogP contribution in [0, 0.1) is 0 Å². The average molecular weight is 200 g/mol. The minimum absolute atomic E-state index is 0.243. The van der Waals surface area contributed by atoms with Gasteiger partial charge in [-0.3, -0.25) is 0 Å². The van der Waals surface area contributed by atoms with Crippen molar-refractivity contribution in [3.05, 3.63) is 11.8 Å². The Balaban J connectivity index is 2.67. The molecule has 0 spiro atoms. The van der Waals surface area contributed by atoms with Crippen LogP contribution in [0.4, 0.5) is 0 Å². The van der Waals surface area contributed by atoms with Gasteiger partial charge in [-0.2, -0.15) is 0 Å². The molecule has 1 fully saturated rings. The molecule has 1 saturated heterocycles. The fourth-order valence-corrected chi connectivity index (χ4v) is 2.57. The zero-order valence-corrected chi connectivity index (χ0v) is 9.75. The van der Waals surface area contributed by atoms with E-state index in [1.165, 1.54) is 12.2 Å². The fraction of sp³-hybridized carbons (Fsp3) is 0.818. The maximum absolute atomic E-state index is 5.73. The smallest absolute Gasteiger partial charge is 0.108 e. The van der Waals surface area contributed by atoms with Crippen LogP contribution < -0.4 is 0 Å². The third kappa shape index (κ3) is 2.67. The highest BCUT2D eigenvalue weighted by molar-refractivity contribution is 8.00. The minimum Gasteiger partial charge on any atom is -0.496 e. The summed E-state index contributed by atoms with van der Waals surface area (Å²) < 4.78 is 5.97. The molecule has 0 aromatic carbocycles. The van der Waals surface area contributed by atoms with Crippen molar-refractivity contribution in [1.82, 2.24) is 0 Å². The molecule has 1 atom stereocenters. The summed E-state index contributed by atoms with van der Waals surface area (Å²) in [6, 6.07) is 0. The van der Waals surface area contributed by atoms with Crippen molar-refractivity contribution in [2.45, 2.75) is 44.8 Å². The molecule has 0 aromatic heterocycles.